The smallest absolute Gasteiger partial charge is 0.0721 e. The molecule has 0 unspecified atom stereocenters. The lowest BCUT2D eigenvalue weighted by molar-refractivity contribution is 0.149. The van der Waals surface area contributed by atoms with Crippen LogP contribution in [0.5, 0.6) is 0 Å². The Morgan fingerprint density at radius 1 is 0.815 bits per heavy atom. The number of aryl methyl sites for hydroxylation is 1. The van der Waals surface area contributed by atoms with Gasteiger partial charge >= 0.3 is 0 Å². The molecule has 142 valence electrons. The van der Waals surface area contributed by atoms with Crippen LogP contribution in [0.25, 0.3) is 11.1 Å². The molecule has 0 saturated heterocycles. The van der Waals surface area contributed by atoms with E-state index in [9.17, 15) is 0 Å². The van der Waals surface area contributed by atoms with Gasteiger partial charge in [0, 0.05) is 0 Å². The molecule has 2 aromatic carbocycles. The van der Waals surface area contributed by atoms with Crippen molar-refractivity contribution in [3.63, 3.8) is 0 Å². The minimum absolute atomic E-state index is 0.596. The zero-order valence-electron chi connectivity index (χ0n) is 16.4. The molecule has 2 aromatic rings. The van der Waals surface area contributed by atoms with E-state index in [0.29, 0.717) is 13.2 Å². The van der Waals surface area contributed by atoms with E-state index >= 15 is 0 Å². The van der Waals surface area contributed by atoms with Crippen molar-refractivity contribution in [2.24, 2.45) is 11.8 Å². The van der Waals surface area contributed by atoms with E-state index in [0.717, 1.165) is 11.8 Å². The first kappa shape index (κ1) is 19.6. The van der Waals surface area contributed by atoms with Crippen molar-refractivity contribution in [3.05, 3.63) is 85.0 Å². The van der Waals surface area contributed by atoms with E-state index in [1.54, 1.807) is 6.08 Å². The molecule has 0 aromatic heterocycles. The van der Waals surface area contributed by atoms with Crippen LogP contribution in [-0.2, 0) is 17.8 Å². The number of hydrogen-bond acceptors (Lipinski definition) is 1. The Balaban J connectivity index is 1.49. The number of allylic oxidation sites excluding steroid dienone is 1. The van der Waals surface area contributed by atoms with E-state index in [1.165, 1.54) is 60.8 Å². The minimum Gasteiger partial charge on any atom is -0.373 e. The molecule has 0 atom stereocenters. The minimum atomic E-state index is 0.596. The Kier molecular flexibility index (Phi) is 7.47. The molecular formula is C26H32O. The van der Waals surface area contributed by atoms with Crippen molar-refractivity contribution < 1.29 is 4.74 Å². The summed E-state index contributed by atoms with van der Waals surface area (Å²) < 4.78 is 5.50. The predicted molar refractivity (Wildman–Crippen MR) is 116 cm³/mol. The molecule has 1 saturated carbocycles. The molecule has 0 amide bonds. The Morgan fingerprint density at radius 3 is 1.96 bits per heavy atom. The van der Waals surface area contributed by atoms with Crippen molar-refractivity contribution >= 4 is 0 Å². The first-order valence-electron chi connectivity index (χ1n) is 10.3. The molecule has 1 aliphatic rings. The highest BCUT2D eigenvalue weighted by Crippen LogP contribution is 2.32. The molecule has 0 N–H and O–H groups in total. The maximum atomic E-state index is 5.50. The first-order chi connectivity index (χ1) is 13.3. The summed E-state index contributed by atoms with van der Waals surface area (Å²) in [5, 5.41) is 0. The van der Waals surface area contributed by atoms with Gasteiger partial charge in [-0.25, -0.2) is 0 Å². The second-order valence-corrected chi connectivity index (χ2v) is 7.75. The molecule has 0 aliphatic heterocycles. The standard InChI is InChI=1S/C26H32O/c1-3-19-27-20-24-13-17-26(18-14-24)25-15-11-23(12-16-25)10-9-22-7-5-21(4-2)6-8-22/h3-4,11-18,21-22H,1-2,5-10,19-20H2. The van der Waals surface area contributed by atoms with Gasteiger partial charge in [-0.3, -0.25) is 0 Å². The lowest BCUT2D eigenvalue weighted by atomic mass is 9.79. The van der Waals surface area contributed by atoms with Crippen LogP contribution in [0.4, 0.5) is 0 Å². The van der Waals surface area contributed by atoms with Crippen LogP contribution in [0, 0.1) is 11.8 Å². The van der Waals surface area contributed by atoms with Crippen LogP contribution in [0.1, 0.15) is 43.2 Å². The number of rotatable bonds is 9. The van der Waals surface area contributed by atoms with Gasteiger partial charge in [-0.1, -0.05) is 60.7 Å². The first-order valence-corrected chi connectivity index (χ1v) is 10.3. The largest absolute Gasteiger partial charge is 0.373 e. The SMILES string of the molecule is C=CCOCc1ccc(-c2ccc(CCC3CCC(C=C)CC3)cc2)cc1. The Morgan fingerprint density at radius 2 is 1.41 bits per heavy atom. The van der Waals surface area contributed by atoms with Gasteiger partial charge < -0.3 is 4.74 Å². The zero-order valence-corrected chi connectivity index (χ0v) is 16.4. The molecule has 27 heavy (non-hydrogen) atoms. The molecule has 1 heteroatoms. The van der Waals surface area contributed by atoms with Gasteiger partial charge in [0.15, 0.2) is 0 Å². The van der Waals surface area contributed by atoms with Crippen molar-refractivity contribution in [1.82, 2.24) is 0 Å². The summed E-state index contributed by atoms with van der Waals surface area (Å²) in [6, 6.07) is 17.8. The maximum absolute atomic E-state index is 5.50. The average molecular weight is 361 g/mol. The molecule has 1 nitrogen and oxygen atoms in total. The van der Waals surface area contributed by atoms with Crippen LogP contribution in [0.15, 0.2) is 73.8 Å². The van der Waals surface area contributed by atoms with Crippen molar-refractivity contribution in [3.8, 4) is 11.1 Å². The number of ether oxygens (including phenoxy) is 1. The predicted octanol–water partition coefficient (Wildman–Crippen LogP) is 6.98. The fraction of sp³-hybridized carbons (Fsp3) is 0.385. The number of benzene rings is 2. The van der Waals surface area contributed by atoms with E-state index in [4.69, 9.17) is 4.74 Å². The quantitative estimate of drug-likeness (QED) is 0.346. The van der Waals surface area contributed by atoms with Crippen LogP contribution in [-0.4, -0.2) is 6.61 Å². The van der Waals surface area contributed by atoms with Gasteiger partial charge in [0.25, 0.3) is 0 Å². The topological polar surface area (TPSA) is 9.23 Å². The van der Waals surface area contributed by atoms with Gasteiger partial charge in [-0.05, 0) is 72.6 Å². The Labute approximate surface area is 164 Å². The van der Waals surface area contributed by atoms with E-state index in [1.807, 2.05) is 0 Å². The third-order valence-corrected chi connectivity index (χ3v) is 5.81. The molecule has 0 bridgehead atoms. The summed E-state index contributed by atoms with van der Waals surface area (Å²) >= 11 is 0. The fourth-order valence-corrected chi connectivity index (χ4v) is 4.00. The lowest BCUT2D eigenvalue weighted by Gasteiger charge is -2.26. The van der Waals surface area contributed by atoms with Crippen LogP contribution in [0.3, 0.4) is 0 Å². The summed E-state index contributed by atoms with van der Waals surface area (Å²) in [6.07, 6.45) is 11.9. The third kappa shape index (κ3) is 5.94. The maximum Gasteiger partial charge on any atom is 0.0721 e. The monoisotopic (exact) mass is 360 g/mol. The van der Waals surface area contributed by atoms with Crippen molar-refractivity contribution in [1.29, 1.82) is 0 Å². The summed E-state index contributed by atoms with van der Waals surface area (Å²) in [7, 11) is 0. The molecule has 3 rings (SSSR count). The fourth-order valence-electron chi connectivity index (χ4n) is 4.00. The number of hydrogen-bond donors (Lipinski definition) is 0. The van der Waals surface area contributed by atoms with Gasteiger partial charge in [0.05, 0.1) is 13.2 Å². The highest BCUT2D eigenvalue weighted by Gasteiger charge is 2.18. The summed E-state index contributed by atoms with van der Waals surface area (Å²) in [5.74, 6) is 1.66. The van der Waals surface area contributed by atoms with E-state index in [-0.39, 0.29) is 0 Å². The Bertz CT molecular complexity index is 703. The highest BCUT2D eigenvalue weighted by atomic mass is 16.5. The lowest BCUT2D eigenvalue weighted by Crippen LogP contribution is -2.13. The van der Waals surface area contributed by atoms with E-state index in [2.05, 4.69) is 67.8 Å². The third-order valence-electron chi connectivity index (χ3n) is 5.81. The molecule has 1 fully saturated rings. The summed E-state index contributed by atoms with van der Waals surface area (Å²) in [6.45, 7) is 8.85. The van der Waals surface area contributed by atoms with Gasteiger partial charge in [-0.15, -0.1) is 13.2 Å². The zero-order chi connectivity index (χ0) is 18.9. The molecule has 0 radical (unpaired) electrons. The second kappa shape index (κ2) is 10.3. The molecule has 0 spiro atoms. The normalized spacial score (nSPS) is 19.6. The molecule has 0 heterocycles. The molecular weight excluding hydrogens is 328 g/mol. The van der Waals surface area contributed by atoms with Crippen molar-refractivity contribution in [2.45, 2.75) is 45.1 Å². The Hall–Kier alpha value is -2.12. The van der Waals surface area contributed by atoms with Gasteiger partial charge in [0.1, 0.15) is 0 Å². The average Bonchev–Trinajstić information content (AvgIpc) is 2.74. The highest BCUT2D eigenvalue weighted by molar-refractivity contribution is 5.63. The van der Waals surface area contributed by atoms with Crippen LogP contribution in [0.2, 0.25) is 0 Å². The van der Waals surface area contributed by atoms with E-state index < -0.39 is 0 Å². The molecule has 1 aliphatic carbocycles. The summed E-state index contributed by atoms with van der Waals surface area (Å²) in [4.78, 5) is 0. The van der Waals surface area contributed by atoms with Crippen LogP contribution >= 0.6 is 0 Å². The summed E-state index contributed by atoms with van der Waals surface area (Å²) in [5.41, 5.74) is 5.20. The van der Waals surface area contributed by atoms with Crippen molar-refractivity contribution in [2.75, 3.05) is 6.61 Å². The van der Waals surface area contributed by atoms with Gasteiger partial charge in [0.2, 0.25) is 0 Å². The van der Waals surface area contributed by atoms with Gasteiger partial charge in [-0.2, -0.15) is 0 Å². The van der Waals surface area contributed by atoms with Crippen LogP contribution < -0.4 is 0 Å². The second-order valence-electron chi connectivity index (χ2n) is 7.75.